The van der Waals surface area contributed by atoms with Crippen molar-refractivity contribution in [1.82, 2.24) is 0 Å². The van der Waals surface area contributed by atoms with Crippen LogP contribution in [0.5, 0.6) is 0 Å². The van der Waals surface area contributed by atoms with Gasteiger partial charge >= 0.3 is 0 Å². The highest BCUT2D eigenvalue weighted by Gasteiger charge is 2.14. The third kappa shape index (κ3) is 2.39. The smallest absolute Gasteiger partial charge is 0.129 e. The second-order valence-electron chi connectivity index (χ2n) is 3.43. The van der Waals surface area contributed by atoms with E-state index in [9.17, 15) is 0 Å². The lowest BCUT2D eigenvalue weighted by molar-refractivity contribution is 0.824. The molecule has 0 amide bonds. The van der Waals surface area contributed by atoms with E-state index in [-0.39, 0.29) is 0 Å². The number of thiophene rings is 1. The fourth-order valence-corrected chi connectivity index (χ4v) is 3.42. The Labute approximate surface area is 97.9 Å². The van der Waals surface area contributed by atoms with E-state index in [2.05, 4.69) is 11.0 Å². The molecule has 2 heterocycles. The fraction of sp³-hybridized carbons (Fsp3) is 0.500. The van der Waals surface area contributed by atoms with Gasteiger partial charge in [0, 0.05) is 18.8 Å². The van der Waals surface area contributed by atoms with Crippen molar-refractivity contribution in [3.63, 3.8) is 0 Å². The zero-order valence-corrected chi connectivity index (χ0v) is 10.0. The van der Waals surface area contributed by atoms with Gasteiger partial charge in [-0.3, -0.25) is 0 Å². The van der Waals surface area contributed by atoms with Gasteiger partial charge in [0.1, 0.15) is 10.9 Å². The van der Waals surface area contributed by atoms with Crippen molar-refractivity contribution in [3.8, 4) is 6.07 Å². The summed E-state index contributed by atoms with van der Waals surface area (Å²) in [5.41, 5.74) is 6.37. The first-order valence-corrected chi connectivity index (χ1v) is 6.90. The van der Waals surface area contributed by atoms with E-state index in [1.165, 1.54) is 29.3 Å². The molecule has 15 heavy (non-hydrogen) atoms. The van der Waals surface area contributed by atoms with Crippen molar-refractivity contribution in [1.29, 1.82) is 5.26 Å². The Hall–Kier alpha value is -0.860. The first-order chi connectivity index (χ1) is 7.31. The first kappa shape index (κ1) is 10.7. The maximum atomic E-state index is 8.84. The van der Waals surface area contributed by atoms with Crippen molar-refractivity contribution in [2.45, 2.75) is 6.42 Å². The highest BCUT2D eigenvalue weighted by Crippen LogP contribution is 2.32. The van der Waals surface area contributed by atoms with Gasteiger partial charge < -0.3 is 10.6 Å². The molecule has 1 fully saturated rings. The highest BCUT2D eigenvalue weighted by molar-refractivity contribution is 7.99. The quantitative estimate of drug-likeness (QED) is 0.816. The first-order valence-electron chi connectivity index (χ1n) is 4.93. The van der Waals surface area contributed by atoms with Gasteiger partial charge in [0.05, 0.1) is 10.7 Å². The number of hydrogen-bond acceptors (Lipinski definition) is 5. The van der Waals surface area contributed by atoms with E-state index in [4.69, 9.17) is 11.0 Å². The van der Waals surface area contributed by atoms with Crippen molar-refractivity contribution in [2.24, 2.45) is 0 Å². The van der Waals surface area contributed by atoms with Crippen LogP contribution in [0.4, 0.5) is 10.7 Å². The van der Waals surface area contributed by atoms with Crippen molar-refractivity contribution >= 4 is 33.8 Å². The molecule has 1 aromatic rings. The number of nitrogens with two attached hydrogens (primary N) is 1. The zero-order chi connectivity index (χ0) is 10.7. The molecule has 0 atom stereocenters. The van der Waals surface area contributed by atoms with Crippen LogP contribution in [0.2, 0.25) is 0 Å². The highest BCUT2D eigenvalue weighted by atomic mass is 32.2. The Bertz CT molecular complexity index is 373. The molecule has 1 saturated heterocycles. The van der Waals surface area contributed by atoms with Crippen LogP contribution in [-0.2, 0) is 0 Å². The van der Waals surface area contributed by atoms with Gasteiger partial charge in [0.15, 0.2) is 0 Å². The molecule has 1 aliphatic heterocycles. The van der Waals surface area contributed by atoms with Gasteiger partial charge in [-0.2, -0.15) is 17.0 Å². The van der Waals surface area contributed by atoms with Gasteiger partial charge in [-0.15, -0.1) is 11.3 Å². The molecule has 3 nitrogen and oxygen atoms in total. The van der Waals surface area contributed by atoms with Crippen molar-refractivity contribution in [2.75, 3.05) is 35.2 Å². The summed E-state index contributed by atoms with van der Waals surface area (Å²) in [4.78, 5) is 2.98. The molecular formula is C10H13N3S2. The van der Waals surface area contributed by atoms with Crippen LogP contribution in [0, 0.1) is 11.3 Å². The summed E-state index contributed by atoms with van der Waals surface area (Å²) in [7, 11) is 0. The van der Waals surface area contributed by atoms with Crippen molar-refractivity contribution < 1.29 is 0 Å². The predicted octanol–water partition coefficient (Wildman–Crippen LogP) is 2.15. The van der Waals surface area contributed by atoms with Crippen LogP contribution in [0.1, 0.15) is 11.3 Å². The Kier molecular flexibility index (Phi) is 3.39. The molecule has 0 aliphatic carbocycles. The van der Waals surface area contributed by atoms with Crippen LogP contribution in [0.25, 0.3) is 0 Å². The molecule has 0 spiro atoms. The largest absolute Gasteiger partial charge is 0.397 e. The van der Waals surface area contributed by atoms with E-state index in [0.717, 1.165) is 18.1 Å². The summed E-state index contributed by atoms with van der Waals surface area (Å²) in [6, 6.07) is 4.06. The minimum Gasteiger partial charge on any atom is -0.397 e. The Balaban J connectivity index is 2.17. The van der Waals surface area contributed by atoms with Gasteiger partial charge in [-0.1, -0.05) is 0 Å². The molecule has 0 radical (unpaired) electrons. The van der Waals surface area contributed by atoms with Crippen LogP contribution in [0.15, 0.2) is 6.07 Å². The Morgan fingerprint density at radius 2 is 2.27 bits per heavy atom. The number of thioether (sulfide) groups is 1. The van der Waals surface area contributed by atoms with Crippen LogP contribution < -0.4 is 10.6 Å². The Morgan fingerprint density at radius 3 is 3.00 bits per heavy atom. The summed E-state index contributed by atoms with van der Waals surface area (Å²) in [6.07, 6.45) is 1.21. The van der Waals surface area contributed by atoms with Crippen LogP contribution in [-0.4, -0.2) is 24.6 Å². The van der Waals surface area contributed by atoms with Gasteiger partial charge in [-0.25, -0.2) is 0 Å². The summed E-state index contributed by atoms with van der Waals surface area (Å²) >= 11 is 3.50. The van der Waals surface area contributed by atoms with Crippen molar-refractivity contribution in [3.05, 3.63) is 10.9 Å². The minimum atomic E-state index is 0.620. The lowest BCUT2D eigenvalue weighted by Crippen LogP contribution is -2.24. The monoisotopic (exact) mass is 239 g/mol. The minimum absolute atomic E-state index is 0.620. The molecule has 1 aromatic heterocycles. The van der Waals surface area contributed by atoms with E-state index < -0.39 is 0 Å². The third-order valence-corrected chi connectivity index (χ3v) is 4.55. The molecule has 1 aliphatic rings. The topological polar surface area (TPSA) is 53.0 Å². The van der Waals surface area contributed by atoms with E-state index in [0.29, 0.717) is 10.6 Å². The predicted molar refractivity (Wildman–Crippen MR) is 67.6 cm³/mol. The maximum absolute atomic E-state index is 8.84. The number of anilines is 2. The normalized spacial score (nSPS) is 17.1. The van der Waals surface area contributed by atoms with Crippen LogP contribution >= 0.6 is 23.1 Å². The fourth-order valence-electron chi connectivity index (χ4n) is 1.60. The lowest BCUT2D eigenvalue weighted by Gasteiger charge is -2.19. The molecule has 0 aromatic carbocycles. The second-order valence-corrected chi connectivity index (χ2v) is 5.69. The summed E-state index contributed by atoms with van der Waals surface area (Å²) in [5.74, 6) is 2.40. The lowest BCUT2D eigenvalue weighted by atomic mass is 10.4. The molecule has 80 valence electrons. The summed E-state index contributed by atoms with van der Waals surface area (Å²) < 4.78 is 0. The molecule has 2 rings (SSSR count). The summed E-state index contributed by atoms with van der Waals surface area (Å²) in [6.45, 7) is 2.15. The summed E-state index contributed by atoms with van der Waals surface area (Å²) in [5, 5.41) is 9.99. The average molecular weight is 239 g/mol. The second kappa shape index (κ2) is 4.77. The number of rotatable bonds is 1. The number of hydrogen-bond donors (Lipinski definition) is 1. The molecule has 0 saturated carbocycles. The SMILES string of the molecule is N#Cc1sc(N2CCCSCC2)cc1N. The molecule has 0 unspecified atom stereocenters. The van der Waals surface area contributed by atoms with E-state index in [1.807, 2.05) is 17.8 Å². The number of nitrogen functional groups attached to an aromatic ring is 1. The Morgan fingerprint density at radius 1 is 1.40 bits per heavy atom. The van der Waals surface area contributed by atoms with Gasteiger partial charge in [0.25, 0.3) is 0 Å². The van der Waals surface area contributed by atoms with E-state index >= 15 is 0 Å². The van der Waals surface area contributed by atoms with Gasteiger partial charge in [0.2, 0.25) is 0 Å². The average Bonchev–Trinajstić information content (AvgIpc) is 2.48. The van der Waals surface area contributed by atoms with Gasteiger partial charge in [-0.05, 0) is 18.2 Å². The molecule has 5 heteroatoms. The standard InChI is InChI=1S/C10H13N3S2/c11-7-9-8(12)6-10(15-9)13-2-1-4-14-5-3-13/h6H,1-5,12H2. The van der Waals surface area contributed by atoms with E-state index in [1.54, 1.807) is 0 Å². The zero-order valence-electron chi connectivity index (χ0n) is 8.40. The molecule has 2 N–H and O–H groups in total. The molecular weight excluding hydrogens is 226 g/mol. The maximum Gasteiger partial charge on any atom is 0.129 e. The number of nitrogens with zero attached hydrogens (tertiary/aromatic N) is 2. The van der Waals surface area contributed by atoms with Crippen LogP contribution in [0.3, 0.4) is 0 Å². The molecule has 0 bridgehead atoms. The number of nitriles is 1. The third-order valence-electron chi connectivity index (χ3n) is 2.38.